The molecule has 2 saturated heterocycles. The van der Waals surface area contributed by atoms with E-state index in [-0.39, 0.29) is 24.1 Å². The summed E-state index contributed by atoms with van der Waals surface area (Å²) in [5.41, 5.74) is 2.00. The first-order valence-corrected chi connectivity index (χ1v) is 16.4. The van der Waals surface area contributed by atoms with Gasteiger partial charge in [-0.25, -0.2) is 14.8 Å². The Labute approximate surface area is 270 Å². The van der Waals surface area contributed by atoms with Crippen LogP contribution in [0.1, 0.15) is 63.0 Å². The van der Waals surface area contributed by atoms with Gasteiger partial charge in [0.05, 0.1) is 31.1 Å². The number of rotatable bonds is 7. The molecule has 0 bridgehead atoms. The Morgan fingerprint density at radius 2 is 1.80 bits per heavy atom. The van der Waals surface area contributed by atoms with Gasteiger partial charge in [-0.05, 0) is 51.8 Å². The Hall–Kier alpha value is -3.97. The van der Waals surface area contributed by atoms with Crippen LogP contribution in [0.5, 0.6) is 0 Å². The van der Waals surface area contributed by atoms with Crippen LogP contribution in [0.3, 0.4) is 0 Å². The predicted molar refractivity (Wildman–Crippen MR) is 177 cm³/mol. The molecule has 3 fully saturated rings. The van der Waals surface area contributed by atoms with Crippen LogP contribution in [0.4, 0.5) is 22.2 Å². The van der Waals surface area contributed by atoms with E-state index in [0.29, 0.717) is 37.2 Å². The molecule has 2 amide bonds. The highest BCUT2D eigenvalue weighted by atomic mass is 16.6. The maximum atomic E-state index is 13.0. The van der Waals surface area contributed by atoms with Crippen molar-refractivity contribution in [3.63, 3.8) is 0 Å². The van der Waals surface area contributed by atoms with Gasteiger partial charge in [0.2, 0.25) is 5.95 Å². The normalized spacial score (nSPS) is 19.9. The average Bonchev–Trinajstić information content (AvgIpc) is 3.69. The average molecular weight is 634 g/mol. The zero-order valence-electron chi connectivity index (χ0n) is 27.7. The van der Waals surface area contributed by atoms with Crippen molar-refractivity contribution < 1.29 is 19.1 Å². The number of amides is 2. The first-order valence-electron chi connectivity index (χ1n) is 16.4. The molecule has 1 saturated carbocycles. The van der Waals surface area contributed by atoms with Gasteiger partial charge in [-0.3, -0.25) is 9.69 Å². The molecule has 1 N–H and O–H groups in total. The molecule has 0 aromatic carbocycles. The summed E-state index contributed by atoms with van der Waals surface area (Å²) < 4.78 is 13.7. The topological polar surface area (TPSA) is 121 Å². The smallest absolute Gasteiger partial charge is 0.410 e. The predicted octanol–water partition coefficient (Wildman–Crippen LogP) is 4.14. The third-order valence-corrected chi connectivity index (χ3v) is 8.87. The van der Waals surface area contributed by atoms with Crippen molar-refractivity contribution in [1.29, 1.82) is 0 Å². The molecule has 3 aromatic rings. The van der Waals surface area contributed by atoms with Crippen LogP contribution in [0.25, 0.3) is 11.0 Å². The zero-order chi connectivity index (χ0) is 32.4. The fourth-order valence-electron chi connectivity index (χ4n) is 6.55. The van der Waals surface area contributed by atoms with Crippen LogP contribution in [-0.4, -0.2) is 124 Å². The minimum absolute atomic E-state index is 0.0235. The molecule has 3 aromatic heterocycles. The van der Waals surface area contributed by atoms with Gasteiger partial charge in [0, 0.05) is 71.0 Å². The summed E-state index contributed by atoms with van der Waals surface area (Å²) in [5.74, 6) is 1.09. The lowest BCUT2D eigenvalue weighted by molar-refractivity contribution is -0.0526. The molecule has 6 rings (SSSR count). The number of carbonyl (C=O) groups is 2. The molecule has 248 valence electrons. The number of nitrogens with zero attached hydrogens (tertiary/aromatic N) is 8. The van der Waals surface area contributed by atoms with E-state index in [4.69, 9.17) is 14.5 Å². The summed E-state index contributed by atoms with van der Waals surface area (Å²) in [6.07, 6.45) is 7.77. The number of aromatic nitrogens is 4. The van der Waals surface area contributed by atoms with Crippen LogP contribution in [-0.2, 0) is 9.47 Å². The maximum absolute atomic E-state index is 13.0. The van der Waals surface area contributed by atoms with Crippen molar-refractivity contribution in [3.05, 3.63) is 36.3 Å². The van der Waals surface area contributed by atoms with Crippen LogP contribution in [0.2, 0.25) is 0 Å². The van der Waals surface area contributed by atoms with E-state index in [2.05, 4.69) is 35.7 Å². The molecule has 46 heavy (non-hydrogen) atoms. The number of morpholine rings is 1. The van der Waals surface area contributed by atoms with Crippen molar-refractivity contribution in [2.24, 2.45) is 0 Å². The van der Waals surface area contributed by atoms with Crippen LogP contribution >= 0.6 is 0 Å². The lowest BCUT2D eigenvalue weighted by Crippen LogP contribution is -2.54. The maximum Gasteiger partial charge on any atom is 0.410 e. The molecule has 13 heteroatoms. The van der Waals surface area contributed by atoms with Crippen molar-refractivity contribution in [2.45, 2.75) is 64.2 Å². The third kappa shape index (κ3) is 7.36. The lowest BCUT2D eigenvalue weighted by atomic mass is 10.2. The van der Waals surface area contributed by atoms with Crippen molar-refractivity contribution in [3.8, 4) is 0 Å². The van der Waals surface area contributed by atoms with E-state index in [1.807, 2.05) is 39.1 Å². The highest BCUT2D eigenvalue weighted by Gasteiger charge is 2.30. The van der Waals surface area contributed by atoms with E-state index in [1.165, 1.54) is 0 Å². The second kappa shape index (κ2) is 13.4. The third-order valence-electron chi connectivity index (χ3n) is 8.87. The number of carbonyl (C=O) groups excluding carboxylic acids is 2. The highest BCUT2D eigenvalue weighted by Crippen LogP contribution is 2.35. The van der Waals surface area contributed by atoms with E-state index < -0.39 is 5.60 Å². The fraction of sp³-hybridized carbons (Fsp3) is 0.606. The number of piperazine rings is 1. The molecule has 2 aliphatic heterocycles. The number of nitrogens with one attached hydrogen (secondary N) is 1. The number of pyridine rings is 1. The Balaban J connectivity index is 1.05. The Morgan fingerprint density at radius 3 is 2.48 bits per heavy atom. The fourth-order valence-corrected chi connectivity index (χ4v) is 6.55. The molecule has 5 heterocycles. The standard InChI is InChI=1S/C33H47N9O4/c1-33(2,3)46-32(44)41-16-17-45-26(22-41)21-39-12-14-40(15-13-39)25-10-11-28(34-20-25)36-31-35-19-23-18-27(30(43)38(4)5)42(29(23)37-31)24-8-6-7-9-24/h10-11,18-20,24,26H,6-9,12-17,21-22H2,1-5H3,(H,34,35,36,37)/t26-/m0/s1. The van der Waals surface area contributed by atoms with Gasteiger partial charge < -0.3 is 34.1 Å². The molecule has 0 radical (unpaired) electrons. The SMILES string of the molecule is CN(C)C(=O)c1cc2cnc(Nc3ccc(N4CCN(C[C@H]5CN(C(=O)OC(C)(C)C)CCO5)CC4)cn3)nc2n1C1CCCC1. The summed E-state index contributed by atoms with van der Waals surface area (Å²) in [5, 5.41) is 4.12. The summed E-state index contributed by atoms with van der Waals surface area (Å²) in [7, 11) is 3.56. The molecular weight excluding hydrogens is 586 g/mol. The minimum Gasteiger partial charge on any atom is -0.444 e. The van der Waals surface area contributed by atoms with E-state index >= 15 is 0 Å². The van der Waals surface area contributed by atoms with Gasteiger partial charge in [-0.15, -0.1) is 0 Å². The largest absolute Gasteiger partial charge is 0.444 e. The second-order valence-electron chi connectivity index (χ2n) is 13.7. The van der Waals surface area contributed by atoms with Crippen molar-refractivity contribution >= 4 is 40.5 Å². The quantitative estimate of drug-likeness (QED) is 0.406. The molecule has 0 spiro atoms. The number of anilines is 3. The summed E-state index contributed by atoms with van der Waals surface area (Å²) in [4.78, 5) is 47.7. The molecule has 0 unspecified atom stereocenters. The Bertz CT molecular complexity index is 1520. The van der Waals surface area contributed by atoms with Crippen molar-refractivity contribution in [1.82, 2.24) is 34.2 Å². The number of fused-ring (bicyclic) bond motifs is 1. The van der Waals surface area contributed by atoms with Gasteiger partial charge in [-0.2, -0.15) is 4.98 Å². The summed E-state index contributed by atoms with van der Waals surface area (Å²) >= 11 is 0. The number of ether oxygens (including phenoxy) is 2. The van der Waals surface area contributed by atoms with E-state index in [1.54, 1.807) is 30.1 Å². The van der Waals surface area contributed by atoms with Crippen LogP contribution in [0, 0.1) is 0 Å². The van der Waals surface area contributed by atoms with Crippen molar-refractivity contribution in [2.75, 3.05) is 76.7 Å². The van der Waals surface area contributed by atoms with E-state index in [0.717, 1.165) is 75.1 Å². The first-order chi connectivity index (χ1) is 22.0. The molecule has 1 atom stereocenters. The summed E-state index contributed by atoms with van der Waals surface area (Å²) in [6, 6.07) is 6.20. The lowest BCUT2D eigenvalue weighted by Gasteiger charge is -2.40. The summed E-state index contributed by atoms with van der Waals surface area (Å²) in [6.45, 7) is 11.6. The Kier molecular flexibility index (Phi) is 9.32. The van der Waals surface area contributed by atoms with E-state index in [9.17, 15) is 9.59 Å². The number of hydrogen-bond acceptors (Lipinski definition) is 10. The monoisotopic (exact) mass is 633 g/mol. The van der Waals surface area contributed by atoms with Crippen LogP contribution < -0.4 is 10.2 Å². The van der Waals surface area contributed by atoms with Gasteiger partial charge in [0.25, 0.3) is 5.91 Å². The minimum atomic E-state index is -0.507. The highest BCUT2D eigenvalue weighted by molar-refractivity contribution is 5.97. The number of hydrogen-bond donors (Lipinski definition) is 1. The molecule has 3 aliphatic rings. The molecule has 1 aliphatic carbocycles. The zero-order valence-corrected chi connectivity index (χ0v) is 27.7. The van der Waals surface area contributed by atoms with Gasteiger partial charge in [0.1, 0.15) is 22.8 Å². The van der Waals surface area contributed by atoms with Gasteiger partial charge in [-0.1, -0.05) is 12.8 Å². The molecular formula is C33H47N9O4. The molecule has 13 nitrogen and oxygen atoms in total. The Morgan fingerprint density at radius 1 is 1.04 bits per heavy atom. The van der Waals surface area contributed by atoms with Gasteiger partial charge >= 0.3 is 6.09 Å². The van der Waals surface area contributed by atoms with Crippen LogP contribution in [0.15, 0.2) is 30.6 Å². The second-order valence-corrected chi connectivity index (χ2v) is 13.7. The first kappa shape index (κ1) is 32.0. The van der Waals surface area contributed by atoms with Gasteiger partial charge in [0.15, 0.2) is 0 Å².